The summed E-state index contributed by atoms with van der Waals surface area (Å²) in [6, 6.07) is 5.23. The van der Waals surface area contributed by atoms with Gasteiger partial charge in [-0.2, -0.15) is 13.2 Å². The smallest absolute Gasteiger partial charge is 0.381 e. The summed E-state index contributed by atoms with van der Waals surface area (Å²) in [5, 5.41) is 3.21. The highest BCUT2D eigenvalue weighted by Crippen LogP contribution is 2.29. The van der Waals surface area contributed by atoms with Crippen molar-refractivity contribution in [3.63, 3.8) is 0 Å². The molecule has 0 amide bonds. The summed E-state index contributed by atoms with van der Waals surface area (Å²) in [5.41, 5.74) is 0.159. The molecule has 0 aromatic heterocycles. The van der Waals surface area contributed by atoms with E-state index in [1.165, 1.54) is 12.1 Å². The van der Waals surface area contributed by atoms with E-state index in [1.807, 2.05) is 18.9 Å². The Morgan fingerprint density at radius 3 is 2.62 bits per heavy atom. The van der Waals surface area contributed by atoms with Crippen molar-refractivity contribution in [3.05, 3.63) is 35.4 Å². The number of hydrogen-bond donors (Lipinski definition) is 1. The van der Waals surface area contributed by atoms with Gasteiger partial charge in [0.1, 0.15) is 0 Å². The Balaban J connectivity index is 0.00000420. The molecular formula is C20H31F3IN3O2. The lowest BCUT2D eigenvalue weighted by Crippen LogP contribution is -2.38. The van der Waals surface area contributed by atoms with Crippen molar-refractivity contribution in [2.45, 2.75) is 32.5 Å². The third-order valence-electron chi connectivity index (χ3n) is 4.48. The minimum absolute atomic E-state index is 0. The summed E-state index contributed by atoms with van der Waals surface area (Å²) >= 11 is 0. The topological polar surface area (TPSA) is 46.1 Å². The van der Waals surface area contributed by atoms with Gasteiger partial charge in [-0.3, -0.25) is 4.99 Å². The van der Waals surface area contributed by atoms with Gasteiger partial charge in [-0.25, -0.2) is 0 Å². The van der Waals surface area contributed by atoms with Gasteiger partial charge < -0.3 is 19.7 Å². The number of rotatable bonds is 9. The largest absolute Gasteiger partial charge is 0.416 e. The van der Waals surface area contributed by atoms with Crippen LogP contribution in [0.15, 0.2) is 29.3 Å². The Bertz CT molecular complexity index is 606. The predicted octanol–water partition coefficient (Wildman–Crippen LogP) is 4.16. The molecule has 1 fully saturated rings. The van der Waals surface area contributed by atoms with E-state index in [4.69, 9.17) is 9.47 Å². The average Bonchev–Trinajstić information content (AvgIpc) is 3.16. The van der Waals surface area contributed by atoms with Crippen molar-refractivity contribution in [1.82, 2.24) is 10.2 Å². The monoisotopic (exact) mass is 529 g/mol. The molecule has 1 unspecified atom stereocenters. The first-order chi connectivity index (χ1) is 13.4. The molecule has 0 spiro atoms. The Hall–Kier alpha value is -1.07. The molecule has 0 radical (unpaired) electrons. The number of aliphatic imine (C=N–C) groups is 1. The molecule has 5 nitrogen and oxygen atoms in total. The molecule has 0 saturated carbocycles. The lowest BCUT2D eigenvalue weighted by molar-refractivity contribution is -0.137. The van der Waals surface area contributed by atoms with Crippen LogP contribution in [-0.4, -0.2) is 57.4 Å². The van der Waals surface area contributed by atoms with Crippen LogP contribution in [0.3, 0.4) is 0 Å². The molecule has 0 bridgehead atoms. The van der Waals surface area contributed by atoms with Gasteiger partial charge >= 0.3 is 6.18 Å². The van der Waals surface area contributed by atoms with Crippen LogP contribution in [0.5, 0.6) is 0 Å². The second kappa shape index (κ2) is 13.3. The fourth-order valence-corrected chi connectivity index (χ4v) is 2.93. The highest BCUT2D eigenvalue weighted by atomic mass is 127. The van der Waals surface area contributed by atoms with Gasteiger partial charge in [-0.05, 0) is 37.5 Å². The van der Waals surface area contributed by atoms with E-state index in [1.54, 1.807) is 0 Å². The maximum atomic E-state index is 12.7. The standard InChI is InChI=1S/C20H30F3N3O2.HI/c1-3-24-19(25-10-4-11-27-14-17-9-12-28-15-17)26(2)13-16-5-7-18(8-6-16)20(21,22)23;/h5-8,17H,3-4,9-15H2,1-2H3,(H,24,25);1H. The van der Waals surface area contributed by atoms with Gasteiger partial charge in [0.2, 0.25) is 0 Å². The number of guanidine groups is 1. The normalized spacial score (nSPS) is 17.1. The number of nitrogens with zero attached hydrogens (tertiary/aromatic N) is 2. The second-order valence-electron chi connectivity index (χ2n) is 6.94. The average molecular weight is 529 g/mol. The molecule has 1 saturated heterocycles. The number of benzene rings is 1. The number of hydrogen-bond acceptors (Lipinski definition) is 3. The number of halogens is 4. The van der Waals surface area contributed by atoms with Crippen LogP contribution in [-0.2, 0) is 22.2 Å². The summed E-state index contributed by atoms with van der Waals surface area (Å²) in [4.78, 5) is 6.49. The van der Waals surface area contributed by atoms with Gasteiger partial charge in [0.15, 0.2) is 5.96 Å². The van der Waals surface area contributed by atoms with Crippen LogP contribution in [0.1, 0.15) is 30.9 Å². The van der Waals surface area contributed by atoms with Crippen LogP contribution in [0.2, 0.25) is 0 Å². The van der Waals surface area contributed by atoms with Crippen molar-refractivity contribution in [1.29, 1.82) is 0 Å². The molecule has 1 aliphatic rings. The maximum absolute atomic E-state index is 12.7. The van der Waals surface area contributed by atoms with Crippen molar-refractivity contribution in [3.8, 4) is 0 Å². The third-order valence-corrected chi connectivity index (χ3v) is 4.48. The Labute approximate surface area is 188 Å². The lowest BCUT2D eigenvalue weighted by atomic mass is 10.1. The quantitative estimate of drug-likeness (QED) is 0.226. The molecule has 1 aromatic carbocycles. The Kier molecular flexibility index (Phi) is 11.9. The number of alkyl halides is 3. The summed E-state index contributed by atoms with van der Waals surface area (Å²) in [6.07, 6.45) is -2.43. The molecule has 1 atom stereocenters. The summed E-state index contributed by atoms with van der Waals surface area (Å²) < 4.78 is 49.0. The minimum atomic E-state index is -4.31. The van der Waals surface area contributed by atoms with Gasteiger partial charge in [0.25, 0.3) is 0 Å². The number of nitrogens with one attached hydrogen (secondary N) is 1. The van der Waals surface area contributed by atoms with Crippen LogP contribution in [0, 0.1) is 5.92 Å². The Morgan fingerprint density at radius 2 is 2.03 bits per heavy atom. The zero-order valence-electron chi connectivity index (χ0n) is 17.0. The fourth-order valence-electron chi connectivity index (χ4n) is 2.93. The zero-order valence-corrected chi connectivity index (χ0v) is 19.3. The number of ether oxygens (including phenoxy) is 2. The summed E-state index contributed by atoms with van der Waals surface area (Å²) in [7, 11) is 1.87. The molecule has 1 aromatic rings. The molecule has 1 aliphatic heterocycles. The second-order valence-corrected chi connectivity index (χ2v) is 6.94. The van der Waals surface area contributed by atoms with Crippen molar-refractivity contribution < 1.29 is 22.6 Å². The zero-order chi connectivity index (χ0) is 20.4. The van der Waals surface area contributed by atoms with Gasteiger partial charge in [-0.15, -0.1) is 24.0 Å². The van der Waals surface area contributed by atoms with Crippen molar-refractivity contribution in [2.24, 2.45) is 10.9 Å². The first-order valence-electron chi connectivity index (χ1n) is 9.71. The molecule has 1 heterocycles. The van der Waals surface area contributed by atoms with E-state index in [2.05, 4.69) is 10.3 Å². The van der Waals surface area contributed by atoms with E-state index < -0.39 is 11.7 Å². The first kappa shape index (κ1) is 26.0. The third kappa shape index (κ3) is 9.52. The van der Waals surface area contributed by atoms with E-state index >= 15 is 0 Å². The first-order valence-corrected chi connectivity index (χ1v) is 9.71. The van der Waals surface area contributed by atoms with Gasteiger partial charge in [0, 0.05) is 45.8 Å². The van der Waals surface area contributed by atoms with Crippen LogP contribution in [0.4, 0.5) is 13.2 Å². The van der Waals surface area contributed by atoms with E-state index in [-0.39, 0.29) is 24.0 Å². The SMILES string of the molecule is CCNC(=NCCCOCC1CCOC1)N(C)Cc1ccc(C(F)(F)F)cc1.I. The van der Waals surface area contributed by atoms with Crippen LogP contribution in [0.25, 0.3) is 0 Å². The molecule has 9 heteroatoms. The van der Waals surface area contributed by atoms with Crippen LogP contribution >= 0.6 is 24.0 Å². The fraction of sp³-hybridized carbons (Fsp3) is 0.650. The summed E-state index contributed by atoms with van der Waals surface area (Å²) in [5.74, 6) is 1.24. The van der Waals surface area contributed by atoms with Crippen LogP contribution < -0.4 is 5.32 Å². The minimum Gasteiger partial charge on any atom is -0.381 e. The summed E-state index contributed by atoms with van der Waals surface area (Å²) in [6.45, 7) is 6.80. The van der Waals surface area contributed by atoms with E-state index in [0.29, 0.717) is 32.2 Å². The van der Waals surface area contributed by atoms with Crippen molar-refractivity contribution in [2.75, 3.05) is 46.6 Å². The highest BCUT2D eigenvalue weighted by Gasteiger charge is 2.29. The molecule has 29 heavy (non-hydrogen) atoms. The Morgan fingerprint density at radius 1 is 1.31 bits per heavy atom. The molecular weight excluding hydrogens is 498 g/mol. The van der Waals surface area contributed by atoms with Gasteiger partial charge in [-0.1, -0.05) is 12.1 Å². The predicted molar refractivity (Wildman–Crippen MR) is 119 cm³/mol. The molecule has 2 rings (SSSR count). The maximum Gasteiger partial charge on any atom is 0.416 e. The molecule has 0 aliphatic carbocycles. The lowest BCUT2D eigenvalue weighted by Gasteiger charge is -2.22. The van der Waals surface area contributed by atoms with E-state index in [0.717, 1.165) is 56.3 Å². The van der Waals surface area contributed by atoms with Gasteiger partial charge in [0.05, 0.1) is 18.8 Å². The molecule has 166 valence electrons. The molecule has 1 N–H and O–H groups in total. The highest BCUT2D eigenvalue weighted by molar-refractivity contribution is 14.0. The van der Waals surface area contributed by atoms with E-state index in [9.17, 15) is 13.2 Å². The van der Waals surface area contributed by atoms with Crippen molar-refractivity contribution >= 4 is 29.9 Å².